The molecule has 0 fully saturated rings. The number of rotatable bonds is 7. The molecule has 11 rings (SSSR count). The number of hydrogen-bond acceptors (Lipinski definition) is 2. The molecule has 0 aliphatic rings. The van der Waals surface area contributed by atoms with E-state index in [1.807, 2.05) is 0 Å². The third kappa shape index (κ3) is 5.51. The van der Waals surface area contributed by atoms with Crippen molar-refractivity contribution in [3.63, 3.8) is 0 Å². The standard InChI is InChI=1S/C54H36N2O/c1-5-16-37(17-6-1)39-28-32-43(33-29-39)55(42-22-11-4-12-23-42)54-51-47-26-15-25-45(41-20-9-3-10-21-41)53(47)56(44-34-30-40(31-35-44)38-18-7-2-8-19-38)48(51)36-50-52(54)46-24-13-14-27-49(46)57-50/h1-36H. The smallest absolute Gasteiger partial charge is 0.139 e. The van der Waals surface area contributed by atoms with E-state index >= 15 is 0 Å². The largest absolute Gasteiger partial charge is 0.456 e. The van der Waals surface area contributed by atoms with Crippen LogP contribution in [-0.2, 0) is 0 Å². The maximum Gasteiger partial charge on any atom is 0.139 e. The molecule has 57 heavy (non-hydrogen) atoms. The summed E-state index contributed by atoms with van der Waals surface area (Å²) in [5.74, 6) is 0. The molecule has 0 spiro atoms. The highest BCUT2D eigenvalue weighted by Crippen LogP contribution is 2.51. The van der Waals surface area contributed by atoms with E-state index < -0.39 is 0 Å². The van der Waals surface area contributed by atoms with Gasteiger partial charge in [0.1, 0.15) is 11.2 Å². The van der Waals surface area contributed by atoms with Gasteiger partial charge in [0.05, 0.1) is 22.1 Å². The van der Waals surface area contributed by atoms with Crippen molar-refractivity contribution in [2.75, 3.05) is 4.90 Å². The molecule has 0 radical (unpaired) electrons. The van der Waals surface area contributed by atoms with Crippen molar-refractivity contribution >= 4 is 60.8 Å². The fraction of sp³-hybridized carbons (Fsp3) is 0. The zero-order valence-corrected chi connectivity index (χ0v) is 31.1. The number of hydrogen-bond donors (Lipinski definition) is 0. The maximum atomic E-state index is 6.84. The number of aromatic nitrogens is 1. The second-order valence-electron chi connectivity index (χ2n) is 14.5. The normalized spacial score (nSPS) is 11.5. The van der Waals surface area contributed by atoms with Gasteiger partial charge in [-0.25, -0.2) is 0 Å². The lowest BCUT2D eigenvalue weighted by atomic mass is 9.99. The highest BCUT2D eigenvalue weighted by molar-refractivity contribution is 6.29. The second-order valence-corrected chi connectivity index (χ2v) is 14.5. The Kier molecular flexibility index (Phi) is 7.82. The van der Waals surface area contributed by atoms with E-state index in [9.17, 15) is 0 Å². The first-order valence-corrected chi connectivity index (χ1v) is 19.4. The number of fused-ring (bicyclic) bond motifs is 6. The van der Waals surface area contributed by atoms with Gasteiger partial charge in [0.2, 0.25) is 0 Å². The molecule has 0 saturated heterocycles. The summed E-state index contributed by atoms with van der Waals surface area (Å²) in [6.45, 7) is 0. The van der Waals surface area contributed by atoms with Crippen molar-refractivity contribution in [2.45, 2.75) is 0 Å². The van der Waals surface area contributed by atoms with Crippen LogP contribution in [0.5, 0.6) is 0 Å². The van der Waals surface area contributed by atoms with Crippen LogP contribution in [0.15, 0.2) is 223 Å². The molecule has 3 nitrogen and oxygen atoms in total. The lowest BCUT2D eigenvalue weighted by molar-refractivity contribution is 0.669. The first kappa shape index (κ1) is 32.8. The van der Waals surface area contributed by atoms with Crippen LogP contribution in [0.25, 0.3) is 82.8 Å². The van der Waals surface area contributed by atoms with Gasteiger partial charge in [0.15, 0.2) is 0 Å². The fourth-order valence-corrected chi connectivity index (χ4v) is 8.60. The Morgan fingerprint density at radius 3 is 1.53 bits per heavy atom. The molecule has 0 N–H and O–H groups in total. The fourth-order valence-electron chi connectivity index (χ4n) is 8.60. The monoisotopic (exact) mass is 728 g/mol. The lowest BCUT2D eigenvalue weighted by Crippen LogP contribution is -2.11. The van der Waals surface area contributed by atoms with Gasteiger partial charge in [0, 0.05) is 44.9 Å². The highest BCUT2D eigenvalue weighted by Gasteiger charge is 2.28. The van der Waals surface area contributed by atoms with Gasteiger partial charge in [-0.3, -0.25) is 0 Å². The molecule has 268 valence electrons. The lowest BCUT2D eigenvalue weighted by Gasteiger charge is -2.27. The zero-order valence-electron chi connectivity index (χ0n) is 31.1. The Balaban J connectivity index is 1.28. The van der Waals surface area contributed by atoms with Crippen LogP contribution in [0.3, 0.4) is 0 Å². The summed E-state index contributed by atoms with van der Waals surface area (Å²) in [6, 6.07) is 78.0. The molecule has 0 atom stereocenters. The van der Waals surface area contributed by atoms with E-state index in [2.05, 4.69) is 228 Å². The van der Waals surface area contributed by atoms with E-state index in [0.29, 0.717) is 0 Å². The molecule has 9 aromatic carbocycles. The Hall–Kier alpha value is -7.62. The summed E-state index contributed by atoms with van der Waals surface area (Å²) in [6.07, 6.45) is 0. The number of para-hydroxylation sites is 3. The first-order chi connectivity index (χ1) is 28.3. The molecule has 3 heteroatoms. The Bertz CT molecular complexity index is 3180. The second kappa shape index (κ2) is 13.6. The van der Waals surface area contributed by atoms with Gasteiger partial charge in [-0.2, -0.15) is 0 Å². The van der Waals surface area contributed by atoms with Crippen LogP contribution in [0, 0.1) is 0 Å². The van der Waals surface area contributed by atoms with Crippen LogP contribution in [0.4, 0.5) is 17.1 Å². The summed E-state index contributed by atoms with van der Waals surface area (Å²) < 4.78 is 9.28. The molecule has 0 aliphatic heterocycles. The summed E-state index contributed by atoms with van der Waals surface area (Å²) in [5, 5.41) is 4.49. The molecule has 11 aromatic rings. The van der Waals surface area contributed by atoms with Gasteiger partial charge in [0.25, 0.3) is 0 Å². The van der Waals surface area contributed by atoms with E-state index in [1.165, 1.54) is 38.8 Å². The van der Waals surface area contributed by atoms with Crippen molar-refractivity contribution in [3.05, 3.63) is 218 Å². The van der Waals surface area contributed by atoms with Gasteiger partial charge < -0.3 is 13.9 Å². The topological polar surface area (TPSA) is 21.3 Å². The van der Waals surface area contributed by atoms with Crippen molar-refractivity contribution in [1.29, 1.82) is 0 Å². The average molecular weight is 729 g/mol. The molecule has 2 aromatic heterocycles. The Morgan fingerprint density at radius 1 is 0.368 bits per heavy atom. The maximum absolute atomic E-state index is 6.84. The summed E-state index contributed by atoms with van der Waals surface area (Å²) >= 11 is 0. The highest BCUT2D eigenvalue weighted by atomic mass is 16.3. The molecular formula is C54H36N2O. The van der Waals surface area contributed by atoms with Crippen molar-refractivity contribution < 1.29 is 4.42 Å². The van der Waals surface area contributed by atoms with E-state index in [0.717, 1.165) is 61.1 Å². The zero-order chi connectivity index (χ0) is 37.7. The van der Waals surface area contributed by atoms with E-state index in [-0.39, 0.29) is 0 Å². The molecular weight excluding hydrogens is 693 g/mol. The number of nitrogens with zero attached hydrogens (tertiary/aromatic N) is 2. The third-order valence-corrected chi connectivity index (χ3v) is 11.2. The van der Waals surface area contributed by atoms with E-state index in [4.69, 9.17) is 4.42 Å². The van der Waals surface area contributed by atoms with Crippen LogP contribution in [0.1, 0.15) is 0 Å². The van der Waals surface area contributed by atoms with Crippen LogP contribution < -0.4 is 4.90 Å². The predicted octanol–water partition coefficient (Wildman–Crippen LogP) is 15.2. The summed E-state index contributed by atoms with van der Waals surface area (Å²) in [4.78, 5) is 2.43. The van der Waals surface area contributed by atoms with Gasteiger partial charge in [-0.05, 0) is 70.3 Å². The third-order valence-electron chi connectivity index (χ3n) is 11.2. The summed E-state index contributed by atoms with van der Waals surface area (Å²) in [5.41, 5.74) is 15.3. The summed E-state index contributed by atoms with van der Waals surface area (Å²) in [7, 11) is 0. The Labute approximate surface area is 330 Å². The van der Waals surface area contributed by atoms with E-state index in [1.54, 1.807) is 0 Å². The molecule has 0 aliphatic carbocycles. The number of furan rings is 1. The molecule has 0 saturated carbocycles. The van der Waals surface area contributed by atoms with Crippen LogP contribution in [-0.4, -0.2) is 4.57 Å². The van der Waals surface area contributed by atoms with Crippen molar-refractivity contribution in [1.82, 2.24) is 4.57 Å². The van der Waals surface area contributed by atoms with Gasteiger partial charge in [-0.1, -0.05) is 170 Å². The SMILES string of the molecule is c1ccc(-c2ccc(N(c3ccccc3)c3c4c(cc5c3c3cccc(-c6ccccc6)c3n5-c3ccc(-c5ccccc5)cc3)oc3ccccc34)cc2)cc1. The van der Waals surface area contributed by atoms with Gasteiger partial charge in [-0.15, -0.1) is 0 Å². The number of benzene rings is 9. The molecule has 2 heterocycles. The Morgan fingerprint density at radius 2 is 0.877 bits per heavy atom. The van der Waals surface area contributed by atoms with Crippen LogP contribution in [0.2, 0.25) is 0 Å². The minimum atomic E-state index is 0.840. The minimum Gasteiger partial charge on any atom is -0.456 e. The van der Waals surface area contributed by atoms with Crippen LogP contribution >= 0.6 is 0 Å². The predicted molar refractivity (Wildman–Crippen MR) is 239 cm³/mol. The molecule has 0 amide bonds. The van der Waals surface area contributed by atoms with Crippen molar-refractivity contribution in [3.8, 4) is 39.1 Å². The van der Waals surface area contributed by atoms with Crippen molar-refractivity contribution in [2.24, 2.45) is 0 Å². The quantitative estimate of drug-likeness (QED) is 0.163. The molecule has 0 unspecified atom stereocenters. The number of anilines is 3. The first-order valence-electron chi connectivity index (χ1n) is 19.4. The molecule has 0 bridgehead atoms. The minimum absolute atomic E-state index is 0.840. The average Bonchev–Trinajstić information content (AvgIpc) is 3.83. The van der Waals surface area contributed by atoms with Gasteiger partial charge >= 0.3 is 0 Å².